The molecular weight excluding hydrogens is 306 g/mol. The molecule has 1 aromatic carbocycles. The van der Waals surface area contributed by atoms with Crippen LogP contribution in [-0.4, -0.2) is 4.98 Å². The highest BCUT2D eigenvalue weighted by molar-refractivity contribution is 9.10. The molecule has 16 heavy (non-hydrogen) atoms. The fourth-order valence-electron chi connectivity index (χ4n) is 1.28. The highest BCUT2D eigenvalue weighted by atomic mass is 79.9. The van der Waals surface area contributed by atoms with Crippen molar-refractivity contribution in [2.24, 2.45) is 0 Å². The molecule has 0 aliphatic carbocycles. The minimum atomic E-state index is 0.750. The van der Waals surface area contributed by atoms with Gasteiger partial charge in [0.1, 0.15) is 5.03 Å². The normalized spacial score (nSPS) is 10.4. The third kappa shape index (κ3) is 3.00. The van der Waals surface area contributed by atoms with Gasteiger partial charge in [0, 0.05) is 20.6 Å². The van der Waals surface area contributed by atoms with Crippen molar-refractivity contribution in [2.75, 3.05) is 0 Å². The molecule has 2 rings (SSSR count). The number of hydrogen-bond acceptors (Lipinski definition) is 2. The van der Waals surface area contributed by atoms with E-state index in [2.05, 4.69) is 27.0 Å². The average molecular weight is 315 g/mol. The van der Waals surface area contributed by atoms with E-state index in [0.717, 1.165) is 25.0 Å². The number of hydrogen-bond donors (Lipinski definition) is 0. The lowest BCUT2D eigenvalue weighted by molar-refractivity contribution is 1.07. The summed E-state index contributed by atoms with van der Waals surface area (Å²) < 4.78 is 1.00. The van der Waals surface area contributed by atoms with Gasteiger partial charge in [-0.3, -0.25) is 0 Å². The first-order chi connectivity index (χ1) is 7.65. The molecule has 0 aliphatic heterocycles. The molecule has 0 radical (unpaired) electrons. The highest BCUT2D eigenvalue weighted by Crippen LogP contribution is 2.30. The summed E-state index contributed by atoms with van der Waals surface area (Å²) >= 11 is 11.0. The summed E-state index contributed by atoms with van der Waals surface area (Å²) in [6, 6.07) is 9.83. The Morgan fingerprint density at radius 3 is 2.81 bits per heavy atom. The van der Waals surface area contributed by atoms with Crippen molar-refractivity contribution < 1.29 is 0 Å². The third-order valence-electron chi connectivity index (χ3n) is 2.01. The minimum absolute atomic E-state index is 0.750. The molecule has 0 spiro atoms. The van der Waals surface area contributed by atoms with Crippen LogP contribution in [0.3, 0.4) is 0 Å². The molecule has 0 atom stereocenters. The van der Waals surface area contributed by atoms with Crippen molar-refractivity contribution in [1.82, 2.24) is 4.98 Å². The van der Waals surface area contributed by atoms with Gasteiger partial charge in [-0.25, -0.2) is 4.98 Å². The van der Waals surface area contributed by atoms with Crippen molar-refractivity contribution in [1.29, 1.82) is 0 Å². The van der Waals surface area contributed by atoms with Gasteiger partial charge in [-0.05, 0) is 52.7 Å². The van der Waals surface area contributed by atoms with E-state index in [9.17, 15) is 0 Å². The zero-order valence-corrected chi connectivity index (χ0v) is 11.7. The van der Waals surface area contributed by atoms with Gasteiger partial charge in [-0.15, -0.1) is 0 Å². The Labute approximate surface area is 112 Å². The summed E-state index contributed by atoms with van der Waals surface area (Å²) in [5.41, 5.74) is 1.15. The molecule has 0 aliphatic rings. The molecule has 0 fully saturated rings. The molecule has 82 valence electrons. The number of pyridine rings is 1. The Morgan fingerprint density at radius 1 is 1.31 bits per heavy atom. The van der Waals surface area contributed by atoms with Crippen molar-refractivity contribution in [3.63, 3.8) is 0 Å². The van der Waals surface area contributed by atoms with E-state index in [1.165, 1.54) is 0 Å². The molecule has 0 bridgehead atoms. The Balaban J connectivity index is 2.27. The van der Waals surface area contributed by atoms with Crippen LogP contribution in [0.15, 0.2) is 50.9 Å². The zero-order valence-electron chi connectivity index (χ0n) is 8.58. The number of halogens is 2. The van der Waals surface area contributed by atoms with E-state index >= 15 is 0 Å². The predicted molar refractivity (Wildman–Crippen MR) is 72.2 cm³/mol. The second-order valence-electron chi connectivity index (χ2n) is 3.34. The molecule has 1 aromatic heterocycles. The largest absolute Gasteiger partial charge is 0.248 e. The molecule has 0 saturated heterocycles. The van der Waals surface area contributed by atoms with Crippen molar-refractivity contribution in [2.45, 2.75) is 16.8 Å². The maximum absolute atomic E-state index is 5.93. The topological polar surface area (TPSA) is 12.9 Å². The van der Waals surface area contributed by atoms with Gasteiger partial charge in [-0.2, -0.15) is 0 Å². The summed E-state index contributed by atoms with van der Waals surface area (Å²) in [7, 11) is 0. The van der Waals surface area contributed by atoms with Crippen LogP contribution in [0.5, 0.6) is 0 Å². The molecule has 0 N–H and O–H groups in total. The SMILES string of the molecule is Cc1cc(Br)cnc1Sc1cccc(Cl)c1. The Bertz CT molecular complexity index is 516. The van der Waals surface area contributed by atoms with E-state index in [1.807, 2.05) is 31.2 Å². The quantitative estimate of drug-likeness (QED) is 0.777. The van der Waals surface area contributed by atoms with Gasteiger partial charge in [0.2, 0.25) is 0 Å². The number of aryl methyl sites for hydroxylation is 1. The van der Waals surface area contributed by atoms with Crippen molar-refractivity contribution >= 4 is 39.3 Å². The van der Waals surface area contributed by atoms with Crippen LogP contribution in [-0.2, 0) is 0 Å². The molecule has 0 unspecified atom stereocenters. The summed E-state index contributed by atoms with van der Waals surface area (Å²) in [4.78, 5) is 5.48. The van der Waals surface area contributed by atoms with E-state index in [1.54, 1.807) is 18.0 Å². The number of rotatable bonds is 2. The lowest BCUT2D eigenvalue weighted by Gasteiger charge is -2.05. The van der Waals surface area contributed by atoms with E-state index in [0.29, 0.717) is 0 Å². The number of aromatic nitrogens is 1. The standard InChI is InChI=1S/C12H9BrClNS/c1-8-5-9(13)7-15-12(8)16-11-4-2-3-10(14)6-11/h2-7H,1H3. The van der Waals surface area contributed by atoms with Gasteiger partial charge in [-0.1, -0.05) is 29.4 Å². The Hall–Kier alpha value is -0.510. The Kier molecular flexibility index (Phi) is 3.90. The van der Waals surface area contributed by atoms with Gasteiger partial charge in [0.05, 0.1) is 0 Å². The maximum Gasteiger partial charge on any atom is 0.104 e. The monoisotopic (exact) mass is 313 g/mol. The molecular formula is C12H9BrClNS. The minimum Gasteiger partial charge on any atom is -0.248 e. The number of nitrogens with zero attached hydrogens (tertiary/aromatic N) is 1. The van der Waals surface area contributed by atoms with Gasteiger partial charge >= 0.3 is 0 Å². The fourth-order valence-corrected chi connectivity index (χ4v) is 2.86. The van der Waals surface area contributed by atoms with Crippen LogP contribution in [0.25, 0.3) is 0 Å². The van der Waals surface area contributed by atoms with Gasteiger partial charge < -0.3 is 0 Å². The first-order valence-corrected chi connectivity index (χ1v) is 6.69. The summed E-state index contributed by atoms with van der Waals surface area (Å²) in [6.45, 7) is 2.05. The van der Waals surface area contributed by atoms with Crippen LogP contribution in [0.1, 0.15) is 5.56 Å². The third-order valence-corrected chi connectivity index (χ3v) is 3.79. The van der Waals surface area contributed by atoms with E-state index in [-0.39, 0.29) is 0 Å². The van der Waals surface area contributed by atoms with E-state index < -0.39 is 0 Å². The lowest BCUT2D eigenvalue weighted by atomic mass is 10.3. The maximum atomic E-state index is 5.93. The first kappa shape index (κ1) is 12.0. The smallest absolute Gasteiger partial charge is 0.104 e. The lowest BCUT2D eigenvalue weighted by Crippen LogP contribution is -1.85. The first-order valence-electron chi connectivity index (χ1n) is 4.71. The fraction of sp³-hybridized carbons (Fsp3) is 0.0833. The van der Waals surface area contributed by atoms with Crippen LogP contribution < -0.4 is 0 Å². The van der Waals surface area contributed by atoms with Crippen LogP contribution in [0.2, 0.25) is 5.02 Å². The number of benzene rings is 1. The van der Waals surface area contributed by atoms with Crippen LogP contribution >= 0.6 is 39.3 Å². The molecule has 0 amide bonds. The highest BCUT2D eigenvalue weighted by Gasteiger charge is 2.03. The Morgan fingerprint density at radius 2 is 2.12 bits per heavy atom. The van der Waals surface area contributed by atoms with E-state index in [4.69, 9.17) is 11.6 Å². The predicted octanol–water partition coefficient (Wildman–Crippen LogP) is 4.96. The second kappa shape index (κ2) is 5.21. The van der Waals surface area contributed by atoms with Gasteiger partial charge in [0.25, 0.3) is 0 Å². The van der Waals surface area contributed by atoms with Crippen LogP contribution in [0.4, 0.5) is 0 Å². The van der Waals surface area contributed by atoms with Gasteiger partial charge in [0.15, 0.2) is 0 Å². The van der Waals surface area contributed by atoms with Crippen molar-refractivity contribution in [3.05, 3.63) is 51.6 Å². The molecule has 4 heteroatoms. The molecule has 1 heterocycles. The zero-order chi connectivity index (χ0) is 11.5. The average Bonchev–Trinajstić information content (AvgIpc) is 2.22. The molecule has 2 aromatic rings. The van der Waals surface area contributed by atoms with Crippen LogP contribution in [0, 0.1) is 6.92 Å². The summed E-state index contributed by atoms with van der Waals surface area (Å²) in [5.74, 6) is 0. The summed E-state index contributed by atoms with van der Waals surface area (Å²) in [5, 5.41) is 1.75. The molecule has 1 nitrogen and oxygen atoms in total. The second-order valence-corrected chi connectivity index (χ2v) is 5.75. The molecule has 0 saturated carbocycles. The van der Waals surface area contributed by atoms with Crippen molar-refractivity contribution in [3.8, 4) is 0 Å². The summed E-state index contributed by atoms with van der Waals surface area (Å²) in [6.07, 6.45) is 1.81.